The molecule has 16 heavy (non-hydrogen) atoms. The Morgan fingerprint density at radius 2 is 2.00 bits per heavy atom. The van der Waals surface area contributed by atoms with Gasteiger partial charge in [-0.25, -0.2) is 0 Å². The third-order valence-electron chi connectivity index (χ3n) is 2.44. The summed E-state index contributed by atoms with van der Waals surface area (Å²) < 4.78 is 1.25. The molecule has 2 rings (SSSR count). The second-order valence-electron chi connectivity index (χ2n) is 3.61. The number of aryl methyl sites for hydroxylation is 1. The van der Waals surface area contributed by atoms with E-state index in [2.05, 4.69) is 58.6 Å². The molecule has 0 aliphatic heterocycles. The van der Waals surface area contributed by atoms with Crippen LogP contribution >= 0.6 is 39.0 Å². The lowest BCUT2D eigenvalue weighted by Gasteiger charge is -2.04. The Kier molecular flexibility index (Phi) is 4.50. The van der Waals surface area contributed by atoms with E-state index in [-0.39, 0.29) is 0 Å². The Morgan fingerprint density at radius 1 is 1.19 bits per heavy atom. The topological polar surface area (TPSA) is 0 Å². The number of thioether (sulfide) groups is 1. The maximum Gasteiger partial charge on any atom is 0.0322 e. The van der Waals surface area contributed by atoms with Crippen molar-refractivity contribution in [3.63, 3.8) is 0 Å². The highest BCUT2D eigenvalue weighted by molar-refractivity contribution is 9.10. The molecule has 2 aromatic rings. The summed E-state index contributed by atoms with van der Waals surface area (Å²) in [6.45, 7) is 2.18. The standard InChI is InChI=1S/C13H13BrS2/c1-10-4-2-3-5-11(10)8-15-9-13-12(14)6-7-16-13/h2-7H,8-9H2,1H3. The van der Waals surface area contributed by atoms with Gasteiger partial charge in [0.15, 0.2) is 0 Å². The third kappa shape index (κ3) is 3.12. The molecule has 0 atom stereocenters. The number of thiophene rings is 1. The van der Waals surface area contributed by atoms with E-state index in [1.807, 2.05) is 23.1 Å². The Morgan fingerprint density at radius 3 is 2.69 bits per heavy atom. The highest BCUT2D eigenvalue weighted by Gasteiger charge is 2.02. The first-order chi connectivity index (χ1) is 7.77. The normalized spacial score (nSPS) is 10.6. The van der Waals surface area contributed by atoms with E-state index in [0.29, 0.717) is 0 Å². The van der Waals surface area contributed by atoms with Crippen molar-refractivity contribution in [3.05, 3.63) is 56.2 Å². The molecule has 0 aliphatic rings. The minimum Gasteiger partial charge on any atom is -0.152 e. The quantitative estimate of drug-likeness (QED) is 0.742. The van der Waals surface area contributed by atoms with Crippen molar-refractivity contribution in [1.29, 1.82) is 0 Å². The van der Waals surface area contributed by atoms with Gasteiger partial charge < -0.3 is 0 Å². The lowest BCUT2D eigenvalue weighted by Crippen LogP contribution is -1.85. The van der Waals surface area contributed by atoms with Crippen LogP contribution in [0.25, 0.3) is 0 Å². The van der Waals surface area contributed by atoms with E-state index in [4.69, 9.17) is 0 Å². The van der Waals surface area contributed by atoms with Gasteiger partial charge in [-0.3, -0.25) is 0 Å². The lowest BCUT2D eigenvalue weighted by atomic mass is 10.1. The van der Waals surface area contributed by atoms with Gasteiger partial charge in [-0.2, -0.15) is 11.8 Å². The molecular formula is C13H13BrS2. The zero-order valence-electron chi connectivity index (χ0n) is 9.07. The van der Waals surface area contributed by atoms with Gasteiger partial charge >= 0.3 is 0 Å². The fourth-order valence-electron chi connectivity index (χ4n) is 1.45. The molecule has 3 heteroatoms. The summed E-state index contributed by atoms with van der Waals surface area (Å²) in [6, 6.07) is 10.7. The fourth-order valence-corrected chi connectivity index (χ4v) is 4.43. The Labute approximate surface area is 113 Å². The molecule has 0 N–H and O–H groups in total. The van der Waals surface area contributed by atoms with Crippen LogP contribution in [-0.2, 0) is 11.5 Å². The van der Waals surface area contributed by atoms with E-state index in [1.165, 1.54) is 20.5 Å². The molecule has 0 amide bonds. The maximum atomic E-state index is 3.56. The number of hydrogen-bond acceptors (Lipinski definition) is 2. The van der Waals surface area contributed by atoms with Gasteiger partial charge in [-0.05, 0) is 45.4 Å². The van der Waals surface area contributed by atoms with E-state index in [1.54, 1.807) is 0 Å². The number of halogens is 1. The molecule has 0 unspecified atom stereocenters. The average molecular weight is 313 g/mol. The molecule has 0 fully saturated rings. The first-order valence-electron chi connectivity index (χ1n) is 5.11. The Hall–Kier alpha value is -0.250. The lowest BCUT2D eigenvalue weighted by molar-refractivity contribution is 1.30. The first kappa shape index (κ1) is 12.2. The van der Waals surface area contributed by atoms with Crippen LogP contribution in [0.4, 0.5) is 0 Å². The van der Waals surface area contributed by atoms with Crippen LogP contribution in [0.1, 0.15) is 16.0 Å². The summed E-state index contributed by atoms with van der Waals surface area (Å²) in [5.41, 5.74) is 2.83. The van der Waals surface area contributed by atoms with E-state index >= 15 is 0 Å². The van der Waals surface area contributed by atoms with E-state index in [0.717, 1.165) is 11.5 Å². The van der Waals surface area contributed by atoms with Gasteiger partial charge in [0, 0.05) is 20.9 Å². The van der Waals surface area contributed by atoms with Gasteiger partial charge in [-0.1, -0.05) is 24.3 Å². The number of hydrogen-bond donors (Lipinski definition) is 0. The van der Waals surface area contributed by atoms with Gasteiger partial charge in [0.1, 0.15) is 0 Å². The monoisotopic (exact) mass is 312 g/mol. The number of rotatable bonds is 4. The van der Waals surface area contributed by atoms with Crippen molar-refractivity contribution in [1.82, 2.24) is 0 Å². The molecule has 0 aliphatic carbocycles. The highest BCUT2D eigenvalue weighted by atomic mass is 79.9. The second kappa shape index (κ2) is 5.89. The predicted octanol–water partition coefficient (Wildman–Crippen LogP) is 5.25. The van der Waals surface area contributed by atoms with Crippen molar-refractivity contribution in [3.8, 4) is 0 Å². The zero-order valence-corrected chi connectivity index (χ0v) is 12.3. The molecule has 0 saturated heterocycles. The molecule has 0 spiro atoms. The van der Waals surface area contributed by atoms with E-state index in [9.17, 15) is 0 Å². The predicted molar refractivity (Wildman–Crippen MR) is 78.2 cm³/mol. The van der Waals surface area contributed by atoms with Crippen LogP contribution < -0.4 is 0 Å². The van der Waals surface area contributed by atoms with Crippen molar-refractivity contribution in [2.75, 3.05) is 0 Å². The smallest absolute Gasteiger partial charge is 0.0322 e. The maximum absolute atomic E-state index is 3.56. The summed E-state index contributed by atoms with van der Waals surface area (Å²) in [5.74, 6) is 2.18. The summed E-state index contributed by atoms with van der Waals surface area (Å²) in [7, 11) is 0. The molecule has 84 valence electrons. The van der Waals surface area contributed by atoms with Gasteiger partial charge in [0.2, 0.25) is 0 Å². The van der Waals surface area contributed by atoms with Crippen LogP contribution in [0.2, 0.25) is 0 Å². The molecule has 0 radical (unpaired) electrons. The minimum atomic E-state index is 1.09. The molecular weight excluding hydrogens is 300 g/mol. The Bertz CT molecular complexity index is 462. The average Bonchev–Trinajstić information content (AvgIpc) is 2.67. The molecule has 1 aromatic carbocycles. The van der Waals surface area contributed by atoms with Gasteiger partial charge in [0.05, 0.1) is 0 Å². The first-order valence-corrected chi connectivity index (χ1v) is 7.94. The van der Waals surface area contributed by atoms with Crippen molar-refractivity contribution < 1.29 is 0 Å². The molecule has 0 saturated carbocycles. The van der Waals surface area contributed by atoms with Crippen molar-refractivity contribution >= 4 is 39.0 Å². The third-order valence-corrected chi connectivity index (χ3v) is 5.56. The molecule has 1 aromatic heterocycles. The summed E-state index contributed by atoms with van der Waals surface area (Å²) in [5, 5.41) is 2.13. The second-order valence-corrected chi connectivity index (χ2v) is 6.45. The fraction of sp³-hybridized carbons (Fsp3) is 0.231. The summed E-state index contributed by atoms with van der Waals surface area (Å²) >= 11 is 7.36. The van der Waals surface area contributed by atoms with Gasteiger partial charge in [-0.15, -0.1) is 11.3 Å². The van der Waals surface area contributed by atoms with Crippen LogP contribution in [0, 0.1) is 6.92 Å². The zero-order chi connectivity index (χ0) is 11.4. The Balaban J connectivity index is 1.89. The minimum absolute atomic E-state index is 1.09. The molecule has 0 nitrogen and oxygen atoms in total. The summed E-state index contributed by atoms with van der Waals surface area (Å²) in [6.07, 6.45) is 0. The van der Waals surface area contributed by atoms with E-state index < -0.39 is 0 Å². The summed E-state index contributed by atoms with van der Waals surface area (Å²) in [4.78, 5) is 1.43. The molecule has 1 heterocycles. The van der Waals surface area contributed by atoms with Gasteiger partial charge in [0.25, 0.3) is 0 Å². The van der Waals surface area contributed by atoms with Crippen LogP contribution in [0.5, 0.6) is 0 Å². The molecule has 0 bridgehead atoms. The highest BCUT2D eigenvalue weighted by Crippen LogP contribution is 2.28. The van der Waals surface area contributed by atoms with Crippen LogP contribution in [0.15, 0.2) is 40.2 Å². The van der Waals surface area contributed by atoms with Crippen LogP contribution in [-0.4, -0.2) is 0 Å². The number of benzene rings is 1. The SMILES string of the molecule is Cc1ccccc1CSCc1sccc1Br. The largest absolute Gasteiger partial charge is 0.152 e. The van der Waals surface area contributed by atoms with Crippen LogP contribution in [0.3, 0.4) is 0 Å². The van der Waals surface area contributed by atoms with Crippen molar-refractivity contribution in [2.24, 2.45) is 0 Å². The van der Waals surface area contributed by atoms with Crippen molar-refractivity contribution in [2.45, 2.75) is 18.4 Å².